The van der Waals surface area contributed by atoms with E-state index in [-0.39, 0.29) is 29.9 Å². The van der Waals surface area contributed by atoms with Gasteiger partial charge in [0, 0.05) is 25.6 Å². The highest BCUT2D eigenvalue weighted by molar-refractivity contribution is 6.33. The predicted molar refractivity (Wildman–Crippen MR) is 108 cm³/mol. The quantitative estimate of drug-likeness (QED) is 0.733. The Kier molecular flexibility index (Phi) is 6.71. The van der Waals surface area contributed by atoms with Gasteiger partial charge in [-0.3, -0.25) is 9.59 Å². The maximum atomic E-state index is 13.2. The van der Waals surface area contributed by atoms with Gasteiger partial charge in [0.1, 0.15) is 0 Å². The molecule has 2 amide bonds. The largest absolute Gasteiger partial charge is 0.416 e. The molecule has 1 N–H and O–H groups in total. The summed E-state index contributed by atoms with van der Waals surface area (Å²) >= 11 is 6.14. The second-order valence-corrected chi connectivity index (χ2v) is 7.72. The molecule has 2 aromatic carbocycles. The molecule has 4 nitrogen and oxygen atoms in total. The monoisotopic (exact) mass is 438 g/mol. The first-order valence-corrected chi connectivity index (χ1v) is 10.1. The van der Waals surface area contributed by atoms with Gasteiger partial charge in [-0.05, 0) is 30.2 Å². The van der Waals surface area contributed by atoms with Gasteiger partial charge in [-0.15, -0.1) is 0 Å². The third-order valence-electron chi connectivity index (χ3n) is 5.24. The fourth-order valence-corrected chi connectivity index (χ4v) is 3.92. The van der Waals surface area contributed by atoms with E-state index >= 15 is 0 Å². The molecule has 2 aromatic rings. The maximum Gasteiger partial charge on any atom is 0.416 e. The molecule has 0 saturated carbocycles. The standard InChI is InChI=1S/C22H22ClF3N2O2/c1-2-10-27-20(29)18-13-28(21(30)16-8-3-4-9-19(16)23)12-17(18)14-6-5-7-15(11-14)22(24,25)26/h3-9,11,17-18H,2,10,12-13H2,1H3,(H,27,29). The highest BCUT2D eigenvalue weighted by Gasteiger charge is 2.41. The average molecular weight is 439 g/mol. The molecule has 1 fully saturated rings. The van der Waals surface area contributed by atoms with E-state index in [0.29, 0.717) is 17.7 Å². The van der Waals surface area contributed by atoms with Gasteiger partial charge in [0.2, 0.25) is 5.91 Å². The van der Waals surface area contributed by atoms with Crippen molar-refractivity contribution in [2.24, 2.45) is 5.92 Å². The van der Waals surface area contributed by atoms with Crippen LogP contribution in [0.4, 0.5) is 13.2 Å². The van der Waals surface area contributed by atoms with E-state index in [0.717, 1.165) is 18.6 Å². The van der Waals surface area contributed by atoms with Crippen LogP contribution in [-0.4, -0.2) is 36.3 Å². The summed E-state index contributed by atoms with van der Waals surface area (Å²) in [6.45, 7) is 2.62. The third kappa shape index (κ3) is 4.78. The fraction of sp³-hybridized carbons (Fsp3) is 0.364. The Hall–Kier alpha value is -2.54. The fourth-order valence-electron chi connectivity index (χ4n) is 3.70. The van der Waals surface area contributed by atoms with Crippen molar-refractivity contribution in [1.82, 2.24) is 10.2 Å². The molecule has 2 atom stereocenters. The number of halogens is 4. The Bertz CT molecular complexity index is 933. The second-order valence-electron chi connectivity index (χ2n) is 7.32. The summed E-state index contributed by atoms with van der Waals surface area (Å²) in [5.74, 6) is -1.81. The van der Waals surface area contributed by atoms with Crippen LogP contribution in [0.1, 0.15) is 40.7 Å². The Balaban J connectivity index is 1.92. The minimum atomic E-state index is -4.48. The second kappa shape index (κ2) is 9.08. The van der Waals surface area contributed by atoms with Gasteiger partial charge in [-0.2, -0.15) is 13.2 Å². The van der Waals surface area contributed by atoms with Gasteiger partial charge in [0.05, 0.1) is 22.1 Å². The lowest BCUT2D eigenvalue weighted by Crippen LogP contribution is -2.36. The van der Waals surface area contributed by atoms with E-state index in [9.17, 15) is 22.8 Å². The molecule has 0 bridgehead atoms. The molecule has 0 aromatic heterocycles. The van der Waals surface area contributed by atoms with Gasteiger partial charge >= 0.3 is 6.18 Å². The summed E-state index contributed by atoms with van der Waals surface area (Å²) in [6.07, 6.45) is -3.75. The summed E-state index contributed by atoms with van der Waals surface area (Å²) in [6, 6.07) is 11.5. The molecule has 1 heterocycles. The zero-order valence-electron chi connectivity index (χ0n) is 16.4. The number of alkyl halides is 3. The van der Waals surface area contributed by atoms with E-state index in [1.807, 2.05) is 6.92 Å². The average Bonchev–Trinajstić information content (AvgIpc) is 3.17. The number of benzene rings is 2. The number of nitrogens with zero attached hydrogens (tertiary/aromatic N) is 1. The zero-order chi connectivity index (χ0) is 21.9. The summed E-state index contributed by atoms with van der Waals surface area (Å²) in [7, 11) is 0. The Morgan fingerprint density at radius 1 is 1.13 bits per heavy atom. The van der Waals surface area contributed by atoms with Crippen LogP contribution in [0.2, 0.25) is 5.02 Å². The Morgan fingerprint density at radius 2 is 1.87 bits per heavy atom. The Morgan fingerprint density at radius 3 is 2.53 bits per heavy atom. The van der Waals surface area contributed by atoms with Gasteiger partial charge in [-0.1, -0.05) is 48.9 Å². The van der Waals surface area contributed by atoms with Gasteiger partial charge in [-0.25, -0.2) is 0 Å². The first-order valence-electron chi connectivity index (χ1n) is 9.71. The topological polar surface area (TPSA) is 49.4 Å². The lowest BCUT2D eigenvalue weighted by atomic mass is 9.87. The van der Waals surface area contributed by atoms with Crippen LogP contribution in [0.25, 0.3) is 0 Å². The van der Waals surface area contributed by atoms with Crippen molar-refractivity contribution in [3.63, 3.8) is 0 Å². The van der Waals surface area contributed by atoms with Crippen LogP contribution in [0.15, 0.2) is 48.5 Å². The van der Waals surface area contributed by atoms with Crippen LogP contribution in [0, 0.1) is 5.92 Å². The van der Waals surface area contributed by atoms with Crippen molar-refractivity contribution in [2.45, 2.75) is 25.4 Å². The van der Waals surface area contributed by atoms with Crippen LogP contribution < -0.4 is 5.32 Å². The number of hydrogen-bond acceptors (Lipinski definition) is 2. The smallest absolute Gasteiger partial charge is 0.356 e. The van der Waals surface area contributed by atoms with Gasteiger partial charge in [0.15, 0.2) is 0 Å². The van der Waals surface area contributed by atoms with Crippen molar-refractivity contribution >= 4 is 23.4 Å². The van der Waals surface area contributed by atoms with Crippen molar-refractivity contribution in [3.05, 3.63) is 70.2 Å². The normalized spacial score (nSPS) is 19.0. The van der Waals surface area contributed by atoms with Gasteiger partial charge < -0.3 is 10.2 Å². The third-order valence-corrected chi connectivity index (χ3v) is 5.57. The number of hydrogen-bond donors (Lipinski definition) is 1. The molecule has 2 unspecified atom stereocenters. The Labute approximate surface area is 178 Å². The van der Waals surface area contributed by atoms with E-state index in [1.54, 1.807) is 30.3 Å². The minimum Gasteiger partial charge on any atom is -0.356 e. The van der Waals surface area contributed by atoms with E-state index in [1.165, 1.54) is 11.0 Å². The predicted octanol–water partition coefficient (Wildman–Crippen LogP) is 4.74. The van der Waals surface area contributed by atoms with Crippen LogP contribution >= 0.6 is 11.6 Å². The lowest BCUT2D eigenvalue weighted by molar-refractivity contribution is -0.137. The molecule has 1 saturated heterocycles. The summed E-state index contributed by atoms with van der Waals surface area (Å²) < 4.78 is 39.6. The molecule has 160 valence electrons. The number of amides is 2. The lowest BCUT2D eigenvalue weighted by Gasteiger charge is -2.19. The summed E-state index contributed by atoms with van der Waals surface area (Å²) in [5.41, 5.74) is -0.0869. The highest BCUT2D eigenvalue weighted by Crippen LogP contribution is 2.37. The van der Waals surface area contributed by atoms with Crippen LogP contribution in [0.3, 0.4) is 0 Å². The maximum absolute atomic E-state index is 13.2. The molecule has 0 aliphatic carbocycles. The molecule has 3 rings (SSSR count). The molecular weight excluding hydrogens is 417 g/mol. The summed E-state index contributed by atoms with van der Waals surface area (Å²) in [4.78, 5) is 27.2. The molecule has 8 heteroatoms. The van der Waals surface area contributed by atoms with E-state index in [2.05, 4.69) is 5.32 Å². The molecule has 1 aliphatic rings. The van der Waals surface area contributed by atoms with E-state index < -0.39 is 23.6 Å². The van der Waals surface area contributed by atoms with Crippen molar-refractivity contribution in [1.29, 1.82) is 0 Å². The number of carbonyl (C=O) groups is 2. The van der Waals surface area contributed by atoms with Crippen molar-refractivity contribution in [2.75, 3.05) is 19.6 Å². The van der Waals surface area contributed by atoms with Crippen molar-refractivity contribution < 1.29 is 22.8 Å². The summed E-state index contributed by atoms with van der Waals surface area (Å²) in [5, 5.41) is 3.09. The molecule has 0 radical (unpaired) electrons. The zero-order valence-corrected chi connectivity index (χ0v) is 17.1. The van der Waals surface area contributed by atoms with Crippen LogP contribution in [0.5, 0.6) is 0 Å². The number of carbonyl (C=O) groups excluding carboxylic acids is 2. The first kappa shape index (κ1) is 22.2. The van der Waals surface area contributed by atoms with E-state index in [4.69, 9.17) is 11.6 Å². The molecule has 30 heavy (non-hydrogen) atoms. The number of nitrogens with one attached hydrogen (secondary N) is 1. The molecule has 0 spiro atoms. The van der Waals surface area contributed by atoms with Crippen molar-refractivity contribution in [3.8, 4) is 0 Å². The molecular formula is C22H22ClF3N2O2. The van der Waals surface area contributed by atoms with Crippen LogP contribution in [-0.2, 0) is 11.0 Å². The van der Waals surface area contributed by atoms with Gasteiger partial charge in [0.25, 0.3) is 5.91 Å². The first-order chi connectivity index (χ1) is 14.2. The highest BCUT2D eigenvalue weighted by atomic mass is 35.5. The minimum absolute atomic E-state index is 0.112. The number of rotatable bonds is 5. The SMILES string of the molecule is CCCNC(=O)C1CN(C(=O)c2ccccc2Cl)CC1c1cccc(C(F)(F)F)c1. The molecule has 1 aliphatic heterocycles. The number of likely N-dealkylation sites (tertiary alicyclic amines) is 1.